The molecule has 2 atom stereocenters. The van der Waals surface area contributed by atoms with Gasteiger partial charge in [0.25, 0.3) is 0 Å². The van der Waals surface area contributed by atoms with E-state index < -0.39 is 0 Å². The summed E-state index contributed by atoms with van der Waals surface area (Å²) in [6.07, 6.45) is 2.10. The Morgan fingerprint density at radius 3 is 2.93 bits per heavy atom. The first-order valence-electron chi connectivity index (χ1n) is 5.60. The molecule has 0 radical (unpaired) electrons. The maximum absolute atomic E-state index is 11.9. The highest BCUT2D eigenvalue weighted by molar-refractivity contribution is 5.82. The number of hydrogen-bond donors (Lipinski definition) is 0. The van der Waals surface area contributed by atoms with Crippen LogP contribution in [0.25, 0.3) is 0 Å². The number of carbonyl (C=O) groups excluding carboxylic acids is 1. The summed E-state index contributed by atoms with van der Waals surface area (Å²) in [7, 11) is 1.92. The van der Waals surface area contributed by atoms with Crippen LogP contribution in [0.4, 0.5) is 0 Å². The first-order chi connectivity index (χ1) is 7.27. The molecule has 1 aliphatic carbocycles. The number of carbonyl (C=O) groups is 1. The molecule has 3 rings (SSSR count). The fourth-order valence-electron chi connectivity index (χ4n) is 3.04. The van der Waals surface area contributed by atoms with Crippen LogP contribution in [-0.4, -0.2) is 24.4 Å². The van der Waals surface area contributed by atoms with Crippen molar-refractivity contribution in [3.63, 3.8) is 0 Å². The van der Waals surface area contributed by atoms with E-state index in [0.29, 0.717) is 11.8 Å². The van der Waals surface area contributed by atoms with Crippen LogP contribution in [0, 0.1) is 5.92 Å². The summed E-state index contributed by atoms with van der Waals surface area (Å²) in [5.74, 6) is 1.05. The summed E-state index contributed by atoms with van der Waals surface area (Å²) in [6, 6.07) is 8.58. The lowest BCUT2D eigenvalue weighted by molar-refractivity contribution is -0.130. The molecule has 1 fully saturated rings. The normalized spacial score (nSPS) is 28.9. The van der Waals surface area contributed by atoms with Crippen LogP contribution in [0.2, 0.25) is 0 Å². The molecular formula is C13H15NO. The van der Waals surface area contributed by atoms with Crippen molar-refractivity contribution in [1.82, 2.24) is 4.90 Å². The van der Waals surface area contributed by atoms with E-state index in [1.165, 1.54) is 11.1 Å². The molecule has 1 heterocycles. The van der Waals surface area contributed by atoms with E-state index in [4.69, 9.17) is 0 Å². The molecule has 2 heteroatoms. The monoisotopic (exact) mass is 201 g/mol. The minimum Gasteiger partial charge on any atom is -0.345 e. The van der Waals surface area contributed by atoms with E-state index in [-0.39, 0.29) is 5.92 Å². The zero-order chi connectivity index (χ0) is 10.4. The number of likely N-dealkylation sites (N-methyl/N-ethyl adjacent to an activating group) is 1. The van der Waals surface area contributed by atoms with Gasteiger partial charge in [-0.2, -0.15) is 0 Å². The lowest BCUT2D eigenvalue weighted by Gasteiger charge is -2.25. The fourth-order valence-corrected chi connectivity index (χ4v) is 3.04. The van der Waals surface area contributed by atoms with Crippen molar-refractivity contribution in [3.8, 4) is 0 Å². The maximum atomic E-state index is 11.9. The Bertz CT molecular complexity index is 413. The number of likely N-dealkylation sites (tertiary alicyclic amines) is 1. The minimum atomic E-state index is 0.255. The molecule has 78 valence electrons. The Kier molecular flexibility index (Phi) is 1.84. The fraction of sp³-hybridized carbons (Fsp3) is 0.462. The lowest BCUT2D eigenvalue weighted by atomic mass is 9.77. The third kappa shape index (κ3) is 1.21. The van der Waals surface area contributed by atoms with E-state index in [0.717, 1.165) is 19.4 Å². The van der Waals surface area contributed by atoms with Gasteiger partial charge in [-0.1, -0.05) is 24.3 Å². The quantitative estimate of drug-likeness (QED) is 0.627. The second-order valence-corrected chi connectivity index (χ2v) is 4.67. The van der Waals surface area contributed by atoms with E-state index in [1.54, 1.807) is 0 Å². The summed E-state index contributed by atoms with van der Waals surface area (Å²) in [5.41, 5.74) is 2.85. The highest BCUT2D eigenvalue weighted by Gasteiger charge is 2.41. The molecule has 1 amide bonds. The number of aryl methyl sites for hydroxylation is 1. The number of hydrogen-bond acceptors (Lipinski definition) is 1. The molecule has 0 bridgehead atoms. The number of rotatable bonds is 0. The van der Waals surface area contributed by atoms with Gasteiger partial charge in [-0.15, -0.1) is 0 Å². The summed E-state index contributed by atoms with van der Waals surface area (Å²) >= 11 is 0. The van der Waals surface area contributed by atoms with E-state index >= 15 is 0 Å². The molecule has 1 aromatic rings. The Morgan fingerprint density at radius 2 is 2.07 bits per heavy atom. The molecule has 0 N–H and O–H groups in total. The third-order valence-electron chi connectivity index (χ3n) is 3.83. The molecule has 0 saturated carbocycles. The average molecular weight is 201 g/mol. The van der Waals surface area contributed by atoms with Crippen molar-refractivity contribution in [3.05, 3.63) is 35.4 Å². The molecule has 1 aliphatic heterocycles. The van der Waals surface area contributed by atoms with Crippen molar-refractivity contribution in [2.24, 2.45) is 5.92 Å². The highest BCUT2D eigenvalue weighted by atomic mass is 16.2. The van der Waals surface area contributed by atoms with E-state index in [1.807, 2.05) is 11.9 Å². The Morgan fingerprint density at radius 1 is 1.27 bits per heavy atom. The van der Waals surface area contributed by atoms with Gasteiger partial charge in [-0.3, -0.25) is 4.79 Å². The van der Waals surface area contributed by atoms with Gasteiger partial charge < -0.3 is 4.90 Å². The third-order valence-corrected chi connectivity index (χ3v) is 3.83. The van der Waals surface area contributed by atoms with Crippen LogP contribution in [0.5, 0.6) is 0 Å². The molecule has 2 unspecified atom stereocenters. The predicted octanol–water partition coefficient (Wildman–Crippen LogP) is 1.80. The minimum absolute atomic E-state index is 0.255. The largest absolute Gasteiger partial charge is 0.345 e. The van der Waals surface area contributed by atoms with Crippen LogP contribution in [0.15, 0.2) is 24.3 Å². The SMILES string of the molecule is CN1CC2c3ccccc3CCC2C1=O. The van der Waals surface area contributed by atoms with Crippen LogP contribution < -0.4 is 0 Å². The molecule has 1 aromatic carbocycles. The van der Waals surface area contributed by atoms with Crippen molar-refractivity contribution >= 4 is 5.91 Å². The van der Waals surface area contributed by atoms with Gasteiger partial charge in [-0.25, -0.2) is 0 Å². The first kappa shape index (κ1) is 8.96. The van der Waals surface area contributed by atoms with Gasteiger partial charge >= 0.3 is 0 Å². The van der Waals surface area contributed by atoms with Gasteiger partial charge in [0.1, 0.15) is 0 Å². The van der Waals surface area contributed by atoms with Crippen molar-refractivity contribution in [2.75, 3.05) is 13.6 Å². The summed E-state index contributed by atoms with van der Waals surface area (Å²) < 4.78 is 0. The van der Waals surface area contributed by atoms with Gasteiger partial charge in [0.2, 0.25) is 5.91 Å². The Hall–Kier alpha value is -1.31. The number of amides is 1. The van der Waals surface area contributed by atoms with Crippen LogP contribution >= 0.6 is 0 Å². The summed E-state index contributed by atoms with van der Waals surface area (Å²) in [6.45, 7) is 0.903. The van der Waals surface area contributed by atoms with E-state index in [2.05, 4.69) is 24.3 Å². The molecule has 0 spiro atoms. The van der Waals surface area contributed by atoms with Crippen LogP contribution in [0.1, 0.15) is 23.5 Å². The summed E-state index contributed by atoms with van der Waals surface area (Å²) in [5, 5.41) is 0. The van der Waals surface area contributed by atoms with Gasteiger partial charge in [0.15, 0.2) is 0 Å². The van der Waals surface area contributed by atoms with Crippen LogP contribution in [0.3, 0.4) is 0 Å². The second kappa shape index (κ2) is 3.09. The highest BCUT2D eigenvalue weighted by Crippen LogP contribution is 2.41. The van der Waals surface area contributed by atoms with E-state index in [9.17, 15) is 4.79 Å². The van der Waals surface area contributed by atoms with Gasteiger partial charge in [-0.05, 0) is 24.0 Å². The van der Waals surface area contributed by atoms with Gasteiger partial charge in [0.05, 0.1) is 0 Å². The zero-order valence-corrected chi connectivity index (χ0v) is 8.94. The first-order valence-corrected chi connectivity index (χ1v) is 5.60. The van der Waals surface area contributed by atoms with Gasteiger partial charge in [0, 0.05) is 25.4 Å². The molecule has 2 nitrogen and oxygen atoms in total. The smallest absolute Gasteiger partial charge is 0.226 e. The average Bonchev–Trinajstić information content (AvgIpc) is 2.56. The van der Waals surface area contributed by atoms with Crippen LogP contribution in [-0.2, 0) is 11.2 Å². The lowest BCUT2D eigenvalue weighted by Crippen LogP contribution is -2.24. The molecule has 15 heavy (non-hydrogen) atoms. The maximum Gasteiger partial charge on any atom is 0.226 e. The molecule has 1 saturated heterocycles. The van der Waals surface area contributed by atoms with Crippen molar-refractivity contribution in [2.45, 2.75) is 18.8 Å². The Balaban J connectivity index is 2.05. The summed E-state index contributed by atoms with van der Waals surface area (Å²) in [4.78, 5) is 13.8. The van der Waals surface area contributed by atoms with Crippen molar-refractivity contribution < 1.29 is 4.79 Å². The van der Waals surface area contributed by atoms with Crippen molar-refractivity contribution in [1.29, 1.82) is 0 Å². The molecule has 2 aliphatic rings. The number of benzene rings is 1. The second-order valence-electron chi connectivity index (χ2n) is 4.67. The number of fused-ring (bicyclic) bond motifs is 3. The molecule has 0 aromatic heterocycles. The topological polar surface area (TPSA) is 20.3 Å². The molecular weight excluding hydrogens is 186 g/mol. The zero-order valence-electron chi connectivity index (χ0n) is 8.94. The predicted molar refractivity (Wildman–Crippen MR) is 58.6 cm³/mol. The standard InChI is InChI=1S/C13H15NO/c1-14-8-12-10-5-3-2-4-9(10)6-7-11(12)13(14)15/h2-5,11-12H,6-8H2,1H3. The number of nitrogens with zero attached hydrogens (tertiary/aromatic N) is 1. The Labute approximate surface area is 89.9 Å².